The predicted molar refractivity (Wildman–Crippen MR) is 90.2 cm³/mol. The number of hydrogen-bond acceptors (Lipinski definition) is 8. The molecule has 0 N–H and O–H groups in total. The lowest BCUT2D eigenvalue weighted by Gasteiger charge is -2.06. The van der Waals surface area contributed by atoms with Crippen molar-refractivity contribution in [1.82, 2.24) is 25.1 Å². The van der Waals surface area contributed by atoms with Gasteiger partial charge in [-0.3, -0.25) is 0 Å². The highest BCUT2D eigenvalue weighted by atomic mass is 16.5. The van der Waals surface area contributed by atoms with Crippen molar-refractivity contribution in [3.05, 3.63) is 46.6 Å². The molecule has 0 radical (unpaired) electrons. The predicted octanol–water partition coefficient (Wildman–Crippen LogP) is 2.33. The SMILES string of the molecule is CCOc1ccc(-n2ncc(C(=O)OCc3c(C)noc3C)c2C)nn1. The van der Waals surface area contributed by atoms with Gasteiger partial charge in [0.05, 0.1) is 29.8 Å². The number of esters is 1. The first-order valence-corrected chi connectivity index (χ1v) is 8.11. The van der Waals surface area contributed by atoms with E-state index in [1.165, 1.54) is 10.9 Å². The zero-order valence-corrected chi connectivity index (χ0v) is 15.0. The van der Waals surface area contributed by atoms with E-state index in [1.807, 2.05) is 6.92 Å². The van der Waals surface area contributed by atoms with Crippen LogP contribution < -0.4 is 4.74 Å². The summed E-state index contributed by atoms with van der Waals surface area (Å²) in [6, 6.07) is 3.42. The first-order valence-electron chi connectivity index (χ1n) is 8.11. The van der Waals surface area contributed by atoms with Crippen LogP contribution in [0.5, 0.6) is 5.88 Å². The molecule has 0 atom stereocenters. The van der Waals surface area contributed by atoms with Crippen molar-refractivity contribution in [3.63, 3.8) is 0 Å². The lowest BCUT2D eigenvalue weighted by Crippen LogP contribution is -2.09. The Morgan fingerprint density at radius 1 is 1.23 bits per heavy atom. The Labute approximate surface area is 149 Å². The smallest absolute Gasteiger partial charge is 0.341 e. The highest BCUT2D eigenvalue weighted by Crippen LogP contribution is 2.17. The third-order valence-electron chi connectivity index (χ3n) is 3.89. The summed E-state index contributed by atoms with van der Waals surface area (Å²) < 4.78 is 17.2. The first kappa shape index (κ1) is 17.6. The van der Waals surface area contributed by atoms with Gasteiger partial charge in [0.25, 0.3) is 0 Å². The molecule has 3 rings (SSSR count). The molecule has 0 bridgehead atoms. The van der Waals surface area contributed by atoms with E-state index in [4.69, 9.17) is 14.0 Å². The van der Waals surface area contributed by atoms with Crippen molar-refractivity contribution in [2.24, 2.45) is 0 Å². The Morgan fingerprint density at radius 3 is 2.65 bits per heavy atom. The molecule has 9 nitrogen and oxygen atoms in total. The van der Waals surface area contributed by atoms with Crippen molar-refractivity contribution < 1.29 is 18.8 Å². The normalized spacial score (nSPS) is 10.8. The van der Waals surface area contributed by atoms with E-state index in [2.05, 4.69) is 20.5 Å². The van der Waals surface area contributed by atoms with Gasteiger partial charge < -0.3 is 14.0 Å². The molecule has 3 aromatic rings. The fourth-order valence-electron chi connectivity index (χ4n) is 2.42. The molecule has 3 heterocycles. The number of ether oxygens (including phenoxy) is 2. The average Bonchev–Trinajstić information content (AvgIpc) is 3.17. The molecule has 0 aliphatic carbocycles. The minimum atomic E-state index is -0.479. The van der Waals surface area contributed by atoms with Gasteiger partial charge >= 0.3 is 5.97 Å². The second kappa shape index (κ2) is 7.34. The van der Waals surface area contributed by atoms with Gasteiger partial charge in [0, 0.05) is 6.07 Å². The van der Waals surface area contributed by atoms with Crippen LogP contribution in [0.25, 0.3) is 5.82 Å². The van der Waals surface area contributed by atoms with Crippen molar-refractivity contribution in [3.8, 4) is 11.7 Å². The number of rotatable bonds is 6. The van der Waals surface area contributed by atoms with Crippen LogP contribution in [0.1, 0.15) is 40.0 Å². The van der Waals surface area contributed by atoms with Crippen LogP contribution in [0.3, 0.4) is 0 Å². The van der Waals surface area contributed by atoms with Crippen LogP contribution in [0.15, 0.2) is 22.9 Å². The zero-order chi connectivity index (χ0) is 18.7. The minimum absolute atomic E-state index is 0.0908. The number of aryl methyl sites for hydroxylation is 2. The molecule has 0 aromatic carbocycles. The molecule has 0 amide bonds. The highest BCUT2D eigenvalue weighted by molar-refractivity contribution is 5.90. The molecular weight excluding hydrogens is 338 g/mol. The number of carbonyl (C=O) groups is 1. The summed E-state index contributed by atoms with van der Waals surface area (Å²) in [5, 5.41) is 16.1. The van der Waals surface area contributed by atoms with E-state index in [9.17, 15) is 4.79 Å². The monoisotopic (exact) mass is 357 g/mol. The third-order valence-corrected chi connectivity index (χ3v) is 3.89. The van der Waals surface area contributed by atoms with Crippen molar-refractivity contribution >= 4 is 5.97 Å². The van der Waals surface area contributed by atoms with Crippen molar-refractivity contribution in [2.75, 3.05) is 6.61 Å². The van der Waals surface area contributed by atoms with E-state index < -0.39 is 5.97 Å². The average molecular weight is 357 g/mol. The Balaban J connectivity index is 1.74. The van der Waals surface area contributed by atoms with Crippen LogP contribution in [0, 0.1) is 20.8 Å². The largest absolute Gasteiger partial charge is 0.477 e. The minimum Gasteiger partial charge on any atom is -0.477 e. The van der Waals surface area contributed by atoms with Gasteiger partial charge in [0.1, 0.15) is 17.9 Å². The maximum absolute atomic E-state index is 12.4. The van der Waals surface area contributed by atoms with Gasteiger partial charge in [0.2, 0.25) is 5.88 Å². The van der Waals surface area contributed by atoms with Gasteiger partial charge in [-0.15, -0.1) is 10.2 Å². The molecule has 9 heteroatoms. The summed E-state index contributed by atoms with van der Waals surface area (Å²) in [5.74, 6) is 1.07. The summed E-state index contributed by atoms with van der Waals surface area (Å²) in [4.78, 5) is 12.4. The second-order valence-corrected chi connectivity index (χ2v) is 5.60. The van der Waals surface area contributed by atoms with Crippen LogP contribution in [0.4, 0.5) is 0 Å². The fraction of sp³-hybridized carbons (Fsp3) is 0.353. The Bertz CT molecular complexity index is 894. The van der Waals surface area contributed by atoms with Crippen molar-refractivity contribution in [1.29, 1.82) is 0 Å². The first-order chi connectivity index (χ1) is 12.5. The second-order valence-electron chi connectivity index (χ2n) is 5.60. The van der Waals surface area contributed by atoms with Crippen LogP contribution >= 0.6 is 0 Å². The quantitative estimate of drug-likeness (QED) is 0.619. The molecule has 0 aliphatic rings. The van der Waals surface area contributed by atoms with Gasteiger partial charge in [0.15, 0.2) is 5.82 Å². The molecule has 0 fully saturated rings. The van der Waals surface area contributed by atoms with Crippen LogP contribution in [0.2, 0.25) is 0 Å². The van der Waals surface area contributed by atoms with Gasteiger partial charge in [-0.05, 0) is 33.8 Å². The molecule has 0 spiro atoms. The maximum Gasteiger partial charge on any atom is 0.341 e. The Hall–Kier alpha value is -3.23. The number of hydrogen-bond donors (Lipinski definition) is 0. The third kappa shape index (κ3) is 3.41. The molecule has 136 valence electrons. The van der Waals surface area contributed by atoms with Gasteiger partial charge in [-0.1, -0.05) is 5.16 Å². The van der Waals surface area contributed by atoms with E-state index in [0.29, 0.717) is 41.0 Å². The number of nitrogens with zero attached hydrogens (tertiary/aromatic N) is 5. The molecule has 0 aliphatic heterocycles. The molecular formula is C17H19N5O4. The van der Waals surface area contributed by atoms with E-state index >= 15 is 0 Å². The summed E-state index contributed by atoms with van der Waals surface area (Å²) in [6.07, 6.45) is 1.45. The number of aromatic nitrogens is 5. The van der Waals surface area contributed by atoms with Gasteiger partial charge in [-0.25, -0.2) is 9.48 Å². The highest BCUT2D eigenvalue weighted by Gasteiger charge is 2.19. The molecule has 0 unspecified atom stereocenters. The van der Waals surface area contributed by atoms with E-state index in [1.54, 1.807) is 32.9 Å². The fourth-order valence-corrected chi connectivity index (χ4v) is 2.42. The topological polar surface area (TPSA) is 105 Å². The zero-order valence-electron chi connectivity index (χ0n) is 15.0. The summed E-state index contributed by atoms with van der Waals surface area (Å²) in [6.45, 7) is 7.80. The summed E-state index contributed by atoms with van der Waals surface area (Å²) >= 11 is 0. The maximum atomic E-state index is 12.4. The van der Waals surface area contributed by atoms with Crippen LogP contribution in [-0.2, 0) is 11.3 Å². The Kier molecular flexibility index (Phi) is 4.97. The standard InChI is InChI=1S/C17H19N5O4/c1-5-24-16-7-6-15(19-20-16)22-11(3)13(8-18-22)17(23)25-9-14-10(2)21-26-12(14)4/h6-8H,5,9H2,1-4H3. The van der Waals surface area contributed by atoms with Gasteiger partial charge in [-0.2, -0.15) is 5.10 Å². The van der Waals surface area contributed by atoms with Crippen LogP contribution in [-0.4, -0.2) is 37.7 Å². The van der Waals surface area contributed by atoms with E-state index in [-0.39, 0.29) is 6.61 Å². The summed E-state index contributed by atoms with van der Waals surface area (Å²) in [7, 11) is 0. The summed E-state index contributed by atoms with van der Waals surface area (Å²) in [5.41, 5.74) is 2.42. The molecule has 0 saturated carbocycles. The number of carbonyl (C=O) groups excluding carboxylic acids is 1. The Morgan fingerprint density at radius 2 is 2.04 bits per heavy atom. The van der Waals surface area contributed by atoms with E-state index in [0.717, 1.165) is 5.56 Å². The lowest BCUT2D eigenvalue weighted by atomic mass is 10.2. The lowest BCUT2D eigenvalue weighted by molar-refractivity contribution is 0.0470. The molecule has 3 aromatic heterocycles. The van der Waals surface area contributed by atoms with Crippen molar-refractivity contribution in [2.45, 2.75) is 34.3 Å². The molecule has 0 saturated heterocycles. The molecule has 26 heavy (non-hydrogen) atoms.